The lowest BCUT2D eigenvalue weighted by Crippen LogP contribution is -2.05. The zero-order valence-electron chi connectivity index (χ0n) is 4.84. The van der Waals surface area contributed by atoms with Crippen molar-refractivity contribution >= 4 is 0 Å². The highest BCUT2D eigenvalue weighted by Gasteiger charge is 2.25. The van der Waals surface area contributed by atoms with Crippen molar-refractivity contribution < 1.29 is 4.74 Å². The Morgan fingerprint density at radius 2 is 2.50 bits per heavy atom. The summed E-state index contributed by atoms with van der Waals surface area (Å²) in [7, 11) is 0. The van der Waals surface area contributed by atoms with Crippen molar-refractivity contribution in [1.82, 2.24) is 0 Å². The first-order valence-electron chi connectivity index (χ1n) is 3.23. The van der Waals surface area contributed by atoms with Gasteiger partial charge in [0.2, 0.25) is 0 Å². The summed E-state index contributed by atoms with van der Waals surface area (Å²) in [5.74, 6) is 0.758. The third-order valence-electron chi connectivity index (χ3n) is 1.92. The number of hydrogen-bond donors (Lipinski definition) is 0. The van der Waals surface area contributed by atoms with Gasteiger partial charge in [-0.2, -0.15) is 0 Å². The molecule has 0 radical (unpaired) electrons. The molecule has 2 unspecified atom stereocenters. The van der Waals surface area contributed by atoms with Gasteiger partial charge in [-0.05, 0) is 12.8 Å². The van der Waals surface area contributed by atoms with Crippen LogP contribution in [-0.2, 0) is 4.74 Å². The lowest BCUT2D eigenvalue weighted by atomic mass is 9.98. The molecule has 8 heavy (non-hydrogen) atoms. The number of rotatable bonds is 0. The maximum atomic E-state index is 5.41. The number of hydrogen-bond acceptors (Lipinski definition) is 1. The lowest BCUT2D eigenvalue weighted by molar-refractivity contribution is 0.113. The van der Waals surface area contributed by atoms with Crippen LogP contribution in [0.3, 0.4) is 0 Å². The van der Waals surface area contributed by atoms with Gasteiger partial charge in [-0.1, -0.05) is 12.2 Å². The van der Waals surface area contributed by atoms with Crippen LogP contribution in [0.25, 0.3) is 0 Å². The second kappa shape index (κ2) is 1.59. The molecule has 1 nitrogen and oxygen atoms in total. The van der Waals surface area contributed by atoms with Crippen molar-refractivity contribution in [2.45, 2.75) is 18.9 Å². The average Bonchev–Trinajstić information content (AvgIpc) is 2.12. The van der Waals surface area contributed by atoms with Crippen LogP contribution in [0, 0.1) is 5.92 Å². The SMILES string of the molecule is C1=CC2COC(C1)C2. The summed E-state index contributed by atoms with van der Waals surface area (Å²) >= 11 is 0. The Kier molecular flexibility index (Phi) is 0.908. The number of ether oxygens (including phenoxy) is 1. The third kappa shape index (κ3) is 0.583. The van der Waals surface area contributed by atoms with Gasteiger partial charge in [-0.25, -0.2) is 0 Å². The van der Waals surface area contributed by atoms with Crippen LogP contribution in [0.1, 0.15) is 12.8 Å². The molecule has 1 heterocycles. The summed E-state index contributed by atoms with van der Waals surface area (Å²) in [6.07, 6.45) is 7.52. The predicted octanol–water partition coefficient (Wildman–Crippen LogP) is 1.35. The summed E-state index contributed by atoms with van der Waals surface area (Å²) in [5.41, 5.74) is 0. The minimum absolute atomic E-state index is 0.574. The Bertz CT molecular complexity index is 118. The smallest absolute Gasteiger partial charge is 0.0616 e. The fourth-order valence-corrected chi connectivity index (χ4v) is 1.45. The summed E-state index contributed by atoms with van der Waals surface area (Å²) in [4.78, 5) is 0. The summed E-state index contributed by atoms with van der Waals surface area (Å²) in [6.45, 7) is 0.973. The van der Waals surface area contributed by atoms with E-state index >= 15 is 0 Å². The van der Waals surface area contributed by atoms with E-state index in [1.54, 1.807) is 0 Å². The van der Waals surface area contributed by atoms with E-state index in [-0.39, 0.29) is 0 Å². The molecule has 1 fully saturated rings. The van der Waals surface area contributed by atoms with Gasteiger partial charge in [-0.3, -0.25) is 0 Å². The van der Waals surface area contributed by atoms with Crippen LogP contribution in [-0.4, -0.2) is 12.7 Å². The van der Waals surface area contributed by atoms with Crippen molar-refractivity contribution in [1.29, 1.82) is 0 Å². The molecule has 2 aliphatic rings. The van der Waals surface area contributed by atoms with E-state index in [9.17, 15) is 0 Å². The zero-order chi connectivity index (χ0) is 5.40. The standard InChI is InChI=1S/C7H10O/c1-2-6-4-7(3-1)8-5-6/h1-2,6-7H,3-5H2. The fourth-order valence-electron chi connectivity index (χ4n) is 1.45. The van der Waals surface area contributed by atoms with E-state index in [1.807, 2.05) is 0 Å². The molecule has 1 heteroatoms. The van der Waals surface area contributed by atoms with Crippen LogP contribution in [0.15, 0.2) is 12.2 Å². The highest BCUT2D eigenvalue weighted by molar-refractivity contribution is 4.99. The Morgan fingerprint density at radius 1 is 1.50 bits per heavy atom. The van der Waals surface area contributed by atoms with Gasteiger partial charge in [0.1, 0.15) is 0 Å². The fraction of sp³-hybridized carbons (Fsp3) is 0.714. The topological polar surface area (TPSA) is 9.23 Å². The first-order chi connectivity index (χ1) is 3.95. The van der Waals surface area contributed by atoms with Crippen molar-refractivity contribution in [2.24, 2.45) is 5.92 Å². The third-order valence-corrected chi connectivity index (χ3v) is 1.92. The molecule has 2 bridgehead atoms. The Morgan fingerprint density at radius 3 is 3.25 bits per heavy atom. The molecule has 2 rings (SSSR count). The van der Waals surface area contributed by atoms with E-state index in [0.717, 1.165) is 18.9 Å². The van der Waals surface area contributed by atoms with Gasteiger partial charge in [0.25, 0.3) is 0 Å². The second-order valence-corrected chi connectivity index (χ2v) is 2.61. The van der Waals surface area contributed by atoms with E-state index < -0.39 is 0 Å². The summed E-state index contributed by atoms with van der Waals surface area (Å²) in [6, 6.07) is 0. The molecule has 0 aromatic carbocycles. The molecule has 0 spiro atoms. The molecule has 1 saturated heterocycles. The van der Waals surface area contributed by atoms with Crippen molar-refractivity contribution in [3.8, 4) is 0 Å². The molecule has 2 atom stereocenters. The van der Waals surface area contributed by atoms with Gasteiger partial charge < -0.3 is 4.74 Å². The molecule has 44 valence electrons. The van der Waals surface area contributed by atoms with Crippen LogP contribution in [0.2, 0.25) is 0 Å². The second-order valence-electron chi connectivity index (χ2n) is 2.61. The maximum Gasteiger partial charge on any atom is 0.0616 e. The first-order valence-corrected chi connectivity index (χ1v) is 3.23. The molecule has 1 aliphatic heterocycles. The van der Waals surface area contributed by atoms with E-state index in [1.165, 1.54) is 6.42 Å². The van der Waals surface area contributed by atoms with Crippen molar-refractivity contribution in [3.05, 3.63) is 12.2 Å². The molecule has 0 amide bonds. The van der Waals surface area contributed by atoms with Gasteiger partial charge in [0, 0.05) is 5.92 Å². The van der Waals surface area contributed by atoms with Crippen LogP contribution >= 0.6 is 0 Å². The van der Waals surface area contributed by atoms with Crippen LogP contribution in [0.4, 0.5) is 0 Å². The quantitative estimate of drug-likeness (QED) is 0.428. The van der Waals surface area contributed by atoms with E-state index in [2.05, 4.69) is 12.2 Å². The first kappa shape index (κ1) is 4.57. The van der Waals surface area contributed by atoms with Gasteiger partial charge in [0.15, 0.2) is 0 Å². The van der Waals surface area contributed by atoms with E-state index in [4.69, 9.17) is 4.74 Å². The normalized spacial score (nSPS) is 43.0. The van der Waals surface area contributed by atoms with Gasteiger partial charge in [0.05, 0.1) is 12.7 Å². The van der Waals surface area contributed by atoms with Gasteiger partial charge in [-0.15, -0.1) is 0 Å². The van der Waals surface area contributed by atoms with Crippen LogP contribution in [0.5, 0.6) is 0 Å². The lowest BCUT2D eigenvalue weighted by Gasteiger charge is -2.08. The monoisotopic (exact) mass is 110 g/mol. The summed E-state index contributed by atoms with van der Waals surface area (Å²) < 4.78 is 5.41. The minimum atomic E-state index is 0.574. The van der Waals surface area contributed by atoms with Gasteiger partial charge >= 0.3 is 0 Å². The van der Waals surface area contributed by atoms with Crippen LogP contribution < -0.4 is 0 Å². The Labute approximate surface area is 49.3 Å². The molecule has 0 aromatic rings. The molecule has 1 aliphatic carbocycles. The average molecular weight is 110 g/mol. The molecule has 0 saturated carbocycles. The predicted molar refractivity (Wildman–Crippen MR) is 31.6 cm³/mol. The minimum Gasteiger partial charge on any atom is -0.377 e. The Hall–Kier alpha value is -0.300. The molecule has 0 N–H and O–H groups in total. The van der Waals surface area contributed by atoms with E-state index in [0.29, 0.717) is 6.10 Å². The van der Waals surface area contributed by atoms with Crippen molar-refractivity contribution in [2.75, 3.05) is 6.61 Å². The highest BCUT2D eigenvalue weighted by atomic mass is 16.5. The summed E-state index contributed by atoms with van der Waals surface area (Å²) in [5, 5.41) is 0. The zero-order valence-corrected chi connectivity index (χ0v) is 4.84. The molecule has 0 aromatic heterocycles. The molecular formula is C7H10O. The number of fused-ring (bicyclic) bond motifs is 2. The highest BCUT2D eigenvalue weighted by Crippen LogP contribution is 2.27. The maximum absolute atomic E-state index is 5.41. The largest absolute Gasteiger partial charge is 0.377 e. The molecular weight excluding hydrogens is 100 g/mol. The Balaban J connectivity index is 2.17. The van der Waals surface area contributed by atoms with Crippen molar-refractivity contribution in [3.63, 3.8) is 0 Å².